The minimum atomic E-state index is -0.0792. The quantitative estimate of drug-likeness (QED) is 0.666. The maximum Gasteiger partial charge on any atom is 0.232 e. The number of likely N-dealkylation sites (tertiary alicyclic amines) is 1. The molecule has 0 N–H and O–H groups in total. The van der Waals surface area contributed by atoms with Gasteiger partial charge in [-0.25, -0.2) is 0 Å². The fourth-order valence-electron chi connectivity index (χ4n) is 3.34. The lowest BCUT2D eigenvalue weighted by Crippen LogP contribution is -2.24. The zero-order valence-corrected chi connectivity index (χ0v) is 16.0. The molecule has 138 valence electrons. The SMILES string of the molecule is Cc1ccc(-c2noc(C3CC(=O)N(Cc4cccc(Cl)c4)C3)n2)cc1C. The summed E-state index contributed by atoms with van der Waals surface area (Å²) in [6.45, 7) is 5.23. The van der Waals surface area contributed by atoms with Crippen molar-refractivity contribution in [1.29, 1.82) is 0 Å². The maximum atomic E-state index is 12.4. The standard InChI is InChI=1S/C21H20ClN3O2/c1-13-6-7-16(8-14(13)2)20-23-21(27-24-20)17-10-19(26)25(12-17)11-15-4-3-5-18(22)9-15/h3-9,17H,10-12H2,1-2H3. The minimum Gasteiger partial charge on any atom is -0.339 e. The second-order valence-electron chi connectivity index (χ2n) is 7.06. The van der Waals surface area contributed by atoms with Crippen LogP contribution in [0.5, 0.6) is 0 Å². The number of carbonyl (C=O) groups is 1. The van der Waals surface area contributed by atoms with Crippen molar-refractivity contribution in [2.75, 3.05) is 6.54 Å². The Kier molecular flexibility index (Phi) is 4.70. The van der Waals surface area contributed by atoms with Gasteiger partial charge in [0, 0.05) is 30.1 Å². The second kappa shape index (κ2) is 7.16. The molecule has 2 heterocycles. The maximum absolute atomic E-state index is 12.4. The third-order valence-electron chi connectivity index (χ3n) is 5.03. The molecule has 27 heavy (non-hydrogen) atoms. The summed E-state index contributed by atoms with van der Waals surface area (Å²) in [5, 5.41) is 4.79. The molecule has 1 aromatic heterocycles. The predicted molar refractivity (Wildman–Crippen MR) is 103 cm³/mol. The van der Waals surface area contributed by atoms with Crippen LogP contribution in [0.25, 0.3) is 11.4 Å². The molecule has 2 aromatic carbocycles. The van der Waals surface area contributed by atoms with Crippen molar-refractivity contribution in [3.05, 3.63) is 70.1 Å². The molecule has 0 radical (unpaired) electrons. The van der Waals surface area contributed by atoms with Gasteiger partial charge in [0.15, 0.2) is 0 Å². The van der Waals surface area contributed by atoms with Crippen LogP contribution >= 0.6 is 11.6 Å². The first-order valence-corrected chi connectivity index (χ1v) is 9.31. The summed E-state index contributed by atoms with van der Waals surface area (Å²) in [6.07, 6.45) is 0.384. The molecule has 1 fully saturated rings. The van der Waals surface area contributed by atoms with E-state index in [4.69, 9.17) is 16.1 Å². The summed E-state index contributed by atoms with van der Waals surface area (Å²) >= 11 is 6.04. The van der Waals surface area contributed by atoms with Gasteiger partial charge in [0.1, 0.15) is 0 Å². The van der Waals surface area contributed by atoms with Gasteiger partial charge in [-0.2, -0.15) is 4.98 Å². The van der Waals surface area contributed by atoms with E-state index in [-0.39, 0.29) is 11.8 Å². The lowest BCUT2D eigenvalue weighted by atomic mass is 10.1. The molecule has 1 aliphatic heterocycles. The van der Waals surface area contributed by atoms with Gasteiger partial charge < -0.3 is 9.42 Å². The third kappa shape index (κ3) is 3.74. The molecule has 1 unspecified atom stereocenters. The first-order valence-electron chi connectivity index (χ1n) is 8.93. The van der Waals surface area contributed by atoms with E-state index < -0.39 is 0 Å². The molecular weight excluding hydrogens is 362 g/mol. The summed E-state index contributed by atoms with van der Waals surface area (Å²) < 4.78 is 5.48. The molecule has 1 atom stereocenters. The molecule has 1 amide bonds. The normalized spacial score (nSPS) is 16.9. The van der Waals surface area contributed by atoms with Crippen LogP contribution in [-0.4, -0.2) is 27.5 Å². The number of nitrogens with zero attached hydrogens (tertiary/aromatic N) is 3. The van der Waals surface area contributed by atoms with Gasteiger partial charge in [0.05, 0.1) is 5.92 Å². The van der Waals surface area contributed by atoms with E-state index in [0.717, 1.165) is 11.1 Å². The van der Waals surface area contributed by atoms with E-state index in [1.165, 1.54) is 11.1 Å². The Balaban J connectivity index is 1.49. The smallest absolute Gasteiger partial charge is 0.232 e. The number of halogens is 1. The van der Waals surface area contributed by atoms with Crippen molar-refractivity contribution < 1.29 is 9.32 Å². The number of aromatic nitrogens is 2. The third-order valence-corrected chi connectivity index (χ3v) is 5.27. The van der Waals surface area contributed by atoms with Crippen LogP contribution in [0.1, 0.15) is 34.9 Å². The van der Waals surface area contributed by atoms with Crippen LogP contribution in [0.2, 0.25) is 5.02 Å². The number of rotatable bonds is 4. The number of benzene rings is 2. The Morgan fingerprint density at radius 1 is 1.19 bits per heavy atom. The topological polar surface area (TPSA) is 59.2 Å². The Hall–Kier alpha value is -2.66. The second-order valence-corrected chi connectivity index (χ2v) is 7.50. The largest absolute Gasteiger partial charge is 0.339 e. The van der Waals surface area contributed by atoms with Gasteiger partial charge >= 0.3 is 0 Å². The fraction of sp³-hybridized carbons (Fsp3) is 0.286. The molecule has 0 saturated carbocycles. The Bertz CT molecular complexity index is 999. The van der Waals surface area contributed by atoms with Gasteiger partial charge in [0.2, 0.25) is 17.6 Å². The summed E-state index contributed by atoms with van der Waals surface area (Å²) in [5.41, 5.74) is 4.34. The molecule has 6 heteroatoms. The summed E-state index contributed by atoms with van der Waals surface area (Å²) in [4.78, 5) is 18.8. The van der Waals surface area contributed by atoms with Gasteiger partial charge in [-0.3, -0.25) is 4.79 Å². The van der Waals surface area contributed by atoms with E-state index in [2.05, 4.69) is 30.1 Å². The Morgan fingerprint density at radius 2 is 2.04 bits per heavy atom. The van der Waals surface area contributed by atoms with Crippen LogP contribution in [0.3, 0.4) is 0 Å². The molecule has 3 aromatic rings. The first kappa shape index (κ1) is 17.7. The number of hydrogen-bond donors (Lipinski definition) is 0. The van der Waals surface area contributed by atoms with Crippen LogP contribution in [-0.2, 0) is 11.3 Å². The minimum absolute atomic E-state index is 0.0792. The predicted octanol–water partition coefficient (Wildman–Crippen LogP) is 4.52. The molecule has 1 saturated heterocycles. The van der Waals surface area contributed by atoms with E-state index in [1.807, 2.05) is 41.3 Å². The number of hydrogen-bond acceptors (Lipinski definition) is 4. The van der Waals surface area contributed by atoms with Crippen molar-refractivity contribution in [1.82, 2.24) is 15.0 Å². The molecule has 0 bridgehead atoms. The molecule has 0 aliphatic carbocycles. The fourth-order valence-corrected chi connectivity index (χ4v) is 3.56. The average molecular weight is 382 g/mol. The highest BCUT2D eigenvalue weighted by molar-refractivity contribution is 6.30. The van der Waals surface area contributed by atoms with Crippen molar-refractivity contribution in [2.24, 2.45) is 0 Å². The Labute approximate surface area is 163 Å². The lowest BCUT2D eigenvalue weighted by Gasteiger charge is -2.16. The number of aryl methyl sites for hydroxylation is 2. The lowest BCUT2D eigenvalue weighted by molar-refractivity contribution is -0.128. The molecule has 4 rings (SSSR count). The number of amides is 1. The highest BCUT2D eigenvalue weighted by atomic mass is 35.5. The molecule has 5 nitrogen and oxygen atoms in total. The van der Waals surface area contributed by atoms with E-state index in [9.17, 15) is 4.79 Å². The molecule has 0 spiro atoms. The van der Waals surface area contributed by atoms with Crippen LogP contribution in [0, 0.1) is 13.8 Å². The van der Waals surface area contributed by atoms with E-state index in [1.54, 1.807) is 0 Å². The van der Waals surface area contributed by atoms with Crippen molar-refractivity contribution >= 4 is 17.5 Å². The van der Waals surface area contributed by atoms with Crippen molar-refractivity contribution in [3.8, 4) is 11.4 Å². The van der Waals surface area contributed by atoms with Crippen LogP contribution in [0.4, 0.5) is 0 Å². The Morgan fingerprint density at radius 3 is 2.81 bits per heavy atom. The summed E-state index contributed by atoms with van der Waals surface area (Å²) in [7, 11) is 0. The summed E-state index contributed by atoms with van der Waals surface area (Å²) in [5.74, 6) is 1.09. The van der Waals surface area contributed by atoms with Gasteiger partial charge in [-0.05, 0) is 48.7 Å². The van der Waals surface area contributed by atoms with Gasteiger partial charge in [-0.15, -0.1) is 0 Å². The highest BCUT2D eigenvalue weighted by Crippen LogP contribution is 2.30. The average Bonchev–Trinajstić information content (AvgIpc) is 3.25. The van der Waals surface area contributed by atoms with Crippen LogP contribution < -0.4 is 0 Å². The van der Waals surface area contributed by atoms with Crippen molar-refractivity contribution in [3.63, 3.8) is 0 Å². The molecule has 1 aliphatic rings. The molecular formula is C21H20ClN3O2. The van der Waals surface area contributed by atoms with Gasteiger partial charge in [-0.1, -0.05) is 41.0 Å². The van der Waals surface area contributed by atoms with Crippen molar-refractivity contribution in [2.45, 2.75) is 32.7 Å². The van der Waals surface area contributed by atoms with Crippen LogP contribution in [0.15, 0.2) is 47.0 Å². The number of carbonyl (C=O) groups excluding carboxylic acids is 1. The monoisotopic (exact) mass is 381 g/mol. The highest BCUT2D eigenvalue weighted by Gasteiger charge is 2.34. The van der Waals surface area contributed by atoms with Gasteiger partial charge in [0.25, 0.3) is 0 Å². The summed E-state index contributed by atoms with van der Waals surface area (Å²) in [6, 6.07) is 13.7. The van der Waals surface area contributed by atoms with E-state index >= 15 is 0 Å². The zero-order valence-electron chi connectivity index (χ0n) is 15.3. The zero-order chi connectivity index (χ0) is 19.0. The van der Waals surface area contributed by atoms with E-state index in [0.29, 0.717) is 36.2 Å². The first-order chi connectivity index (χ1) is 13.0.